The van der Waals surface area contributed by atoms with Crippen LogP contribution in [-0.4, -0.2) is 48.0 Å². The highest BCUT2D eigenvalue weighted by Crippen LogP contribution is 2.39. The van der Waals surface area contributed by atoms with Gasteiger partial charge in [-0.15, -0.1) is 6.58 Å². The van der Waals surface area contributed by atoms with E-state index in [2.05, 4.69) is 68.6 Å². The summed E-state index contributed by atoms with van der Waals surface area (Å²) in [6.07, 6.45) is 17.8. The molecule has 0 bridgehead atoms. The first-order valence-electron chi connectivity index (χ1n) is 13.4. The van der Waals surface area contributed by atoms with E-state index in [0.717, 1.165) is 54.0 Å². The molecule has 1 aromatic rings. The summed E-state index contributed by atoms with van der Waals surface area (Å²) in [5, 5.41) is 3.77. The Morgan fingerprint density at radius 1 is 1.09 bits per heavy atom. The van der Waals surface area contributed by atoms with Crippen molar-refractivity contribution in [2.24, 2.45) is 4.99 Å². The summed E-state index contributed by atoms with van der Waals surface area (Å²) in [7, 11) is 0. The third kappa shape index (κ3) is 6.23. The van der Waals surface area contributed by atoms with Crippen LogP contribution in [-0.2, 0) is 0 Å². The van der Waals surface area contributed by atoms with Gasteiger partial charge in [-0.1, -0.05) is 50.7 Å². The molecule has 6 heteroatoms. The molecular formula is C28H41IN4O. The van der Waals surface area contributed by atoms with E-state index >= 15 is 0 Å². The smallest absolute Gasteiger partial charge is 0.350 e. The maximum absolute atomic E-state index is 13.3. The number of amides is 2. The van der Waals surface area contributed by atoms with E-state index in [1.165, 1.54) is 64.2 Å². The first-order valence-corrected chi connectivity index (χ1v) is 14.5. The van der Waals surface area contributed by atoms with E-state index in [0.29, 0.717) is 6.04 Å². The van der Waals surface area contributed by atoms with Crippen LogP contribution in [0.25, 0.3) is 0 Å². The number of piperidine rings is 1. The van der Waals surface area contributed by atoms with Crippen molar-refractivity contribution in [3.05, 3.63) is 40.5 Å². The van der Waals surface area contributed by atoms with Gasteiger partial charge in [-0.2, -0.15) is 4.99 Å². The molecule has 0 radical (unpaired) electrons. The average molecular weight is 577 g/mol. The zero-order valence-electron chi connectivity index (χ0n) is 20.6. The van der Waals surface area contributed by atoms with E-state index in [9.17, 15) is 4.79 Å². The summed E-state index contributed by atoms with van der Waals surface area (Å²) in [6, 6.07) is 8.67. The number of nitrogens with zero attached hydrogens (tertiary/aromatic N) is 3. The summed E-state index contributed by atoms with van der Waals surface area (Å²) in [5.74, 6) is 0.935. The molecule has 0 aromatic heterocycles. The van der Waals surface area contributed by atoms with Crippen molar-refractivity contribution in [2.45, 2.75) is 95.1 Å². The number of unbranched alkanes of at least 4 members (excludes halogenated alkanes) is 5. The lowest BCUT2D eigenvalue weighted by Crippen LogP contribution is -2.62. The lowest BCUT2D eigenvalue weighted by Gasteiger charge is -2.46. The van der Waals surface area contributed by atoms with Gasteiger partial charge in [-0.05, 0) is 92.3 Å². The molecule has 2 heterocycles. The third-order valence-electron chi connectivity index (χ3n) is 7.85. The minimum Gasteiger partial charge on any atom is -0.369 e. The first kappa shape index (κ1) is 25.7. The molecule has 5 nitrogen and oxygen atoms in total. The van der Waals surface area contributed by atoms with Gasteiger partial charge in [-0.3, -0.25) is 4.90 Å². The van der Waals surface area contributed by atoms with Crippen LogP contribution in [0.15, 0.2) is 41.9 Å². The van der Waals surface area contributed by atoms with Crippen molar-refractivity contribution in [3.8, 4) is 0 Å². The zero-order chi connectivity index (χ0) is 23.8. The van der Waals surface area contributed by atoms with Crippen molar-refractivity contribution >= 4 is 40.1 Å². The number of carbonyl (C=O) groups excluding carboxylic acids is 1. The number of urea groups is 1. The number of halogens is 1. The number of nitrogens with one attached hydrogen (secondary N) is 1. The Kier molecular flexibility index (Phi) is 9.46. The Hall–Kier alpha value is -1.41. The zero-order valence-corrected chi connectivity index (χ0v) is 22.8. The fourth-order valence-corrected chi connectivity index (χ4v) is 6.41. The number of amidine groups is 1. The molecule has 1 aromatic carbocycles. The number of hydrogen-bond acceptors (Lipinski definition) is 3. The molecule has 1 aliphatic carbocycles. The van der Waals surface area contributed by atoms with Crippen molar-refractivity contribution in [3.63, 3.8) is 0 Å². The van der Waals surface area contributed by atoms with E-state index < -0.39 is 0 Å². The van der Waals surface area contributed by atoms with Crippen LogP contribution in [0, 0.1) is 3.57 Å². The molecule has 186 valence electrons. The van der Waals surface area contributed by atoms with Gasteiger partial charge < -0.3 is 10.2 Å². The van der Waals surface area contributed by atoms with Gasteiger partial charge in [0.1, 0.15) is 11.4 Å². The molecule has 2 amide bonds. The molecule has 0 unspecified atom stereocenters. The molecule has 34 heavy (non-hydrogen) atoms. The maximum Gasteiger partial charge on any atom is 0.350 e. The maximum atomic E-state index is 13.3. The normalized spacial score (nSPS) is 21.1. The standard InChI is InChI=1S/C28H41IN4O/c1-2-3-4-5-6-7-11-19-32-20-17-28(18-21-32)26(30-24-14-9-8-10-15-24)31-27(34)33(28)25-16-12-13-23(29)22-25/h2,12-13,16,22,24H,1,3-11,14-15,17-21H2,(H,30,31,34). The number of hydrogen-bond donors (Lipinski definition) is 1. The lowest BCUT2D eigenvalue weighted by molar-refractivity contribution is 0.185. The first-order chi connectivity index (χ1) is 16.6. The van der Waals surface area contributed by atoms with Crippen LogP contribution >= 0.6 is 22.6 Å². The molecule has 1 spiro atoms. The third-order valence-corrected chi connectivity index (χ3v) is 8.52. The Morgan fingerprint density at radius 3 is 2.56 bits per heavy atom. The Balaban J connectivity index is 1.41. The quantitative estimate of drug-likeness (QED) is 0.187. The molecular weight excluding hydrogens is 535 g/mol. The van der Waals surface area contributed by atoms with Crippen molar-refractivity contribution < 1.29 is 4.79 Å². The molecule has 3 aliphatic rings. The highest BCUT2D eigenvalue weighted by atomic mass is 127. The van der Waals surface area contributed by atoms with E-state index in [1.54, 1.807) is 0 Å². The number of likely N-dealkylation sites (tertiary alicyclic amines) is 1. The number of aliphatic imine (C=N–C) groups is 1. The highest BCUT2D eigenvalue weighted by molar-refractivity contribution is 14.1. The van der Waals surface area contributed by atoms with Crippen LogP contribution in [0.2, 0.25) is 0 Å². The van der Waals surface area contributed by atoms with E-state index in [1.807, 2.05) is 11.0 Å². The molecule has 1 saturated heterocycles. The minimum atomic E-state index is -0.333. The summed E-state index contributed by atoms with van der Waals surface area (Å²) in [5.41, 5.74) is 0.647. The molecule has 2 aliphatic heterocycles. The predicted molar refractivity (Wildman–Crippen MR) is 151 cm³/mol. The van der Waals surface area contributed by atoms with Crippen LogP contribution in [0.5, 0.6) is 0 Å². The minimum absolute atomic E-state index is 0.103. The predicted octanol–water partition coefficient (Wildman–Crippen LogP) is 6.91. The van der Waals surface area contributed by atoms with Gasteiger partial charge in [0.2, 0.25) is 0 Å². The Morgan fingerprint density at radius 2 is 1.82 bits per heavy atom. The molecule has 1 saturated carbocycles. The van der Waals surface area contributed by atoms with Gasteiger partial charge in [-0.25, -0.2) is 4.79 Å². The monoisotopic (exact) mass is 576 g/mol. The van der Waals surface area contributed by atoms with Crippen molar-refractivity contribution in [2.75, 3.05) is 24.5 Å². The van der Waals surface area contributed by atoms with Crippen LogP contribution < -0.4 is 10.2 Å². The SMILES string of the molecule is C=CCCCCCCCN1CCC2(CC1)C(NC1CCCCC1)=NC(=O)N2c1cccc(I)c1. The molecule has 2 fully saturated rings. The summed E-state index contributed by atoms with van der Waals surface area (Å²) < 4.78 is 1.15. The van der Waals surface area contributed by atoms with Gasteiger partial charge >= 0.3 is 6.03 Å². The molecule has 4 rings (SSSR count). The summed E-state index contributed by atoms with van der Waals surface area (Å²) in [6.45, 7) is 7.02. The lowest BCUT2D eigenvalue weighted by atomic mass is 9.83. The van der Waals surface area contributed by atoms with Crippen LogP contribution in [0.3, 0.4) is 0 Å². The topological polar surface area (TPSA) is 47.9 Å². The van der Waals surface area contributed by atoms with Crippen LogP contribution in [0.1, 0.15) is 83.5 Å². The molecule has 1 N–H and O–H groups in total. The fourth-order valence-electron chi connectivity index (χ4n) is 5.88. The summed E-state index contributed by atoms with van der Waals surface area (Å²) in [4.78, 5) is 22.5. The van der Waals surface area contributed by atoms with E-state index in [4.69, 9.17) is 0 Å². The number of carbonyl (C=O) groups is 1. The van der Waals surface area contributed by atoms with Gasteiger partial charge in [0.25, 0.3) is 0 Å². The number of allylic oxidation sites excluding steroid dienone is 1. The van der Waals surface area contributed by atoms with E-state index in [-0.39, 0.29) is 11.6 Å². The number of rotatable bonds is 10. The Labute approximate surface area is 219 Å². The second kappa shape index (κ2) is 12.5. The highest BCUT2D eigenvalue weighted by Gasteiger charge is 2.52. The largest absolute Gasteiger partial charge is 0.369 e. The second-order valence-corrected chi connectivity index (χ2v) is 11.5. The number of anilines is 1. The summed E-state index contributed by atoms with van der Waals surface area (Å²) >= 11 is 2.34. The molecule has 0 atom stereocenters. The number of benzene rings is 1. The van der Waals surface area contributed by atoms with Crippen molar-refractivity contribution in [1.29, 1.82) is 0 Å². The van der Waals surface area contributed by atoms with Gasteiger partial charge in [0, 0.05) is 28.4 Å². The Bertz CT molecular complexity index is 856. The average Bonchev–Trinajstić information content (AvgIpc) is 3.10. The second-order valence-electron chi connectivity index (χ2n) is 10.3. The van der Waals surface area contributed by atoms with Crippen molar-refractivity contribution in [1.82, 2.24) is 10.2 Å². The van der Waals surface area contributed by atoms with Crippen LogP contribution in [0.4, 0.5) is 10.5 Å². The van der Waals surface area contributed by atoms with Gasteiger partial charge in [0.05, 0.1) is 0 Å². The fraction of sp³-hybridized carbons (Fsp3) is 0.643. The van der Waals surface area contributed by atoms with Gasteiger partial charge in [0.15, 0.2) is 0 Å².